The number of methoxy groups -OCH3 is 2. The van der Waals surface area contributed by atoms with Crippen molar-refractivity contribution in [2.75, 3.05) is 21.0 Å². The Balaban J connectivity index is 1.45. The number of benzene rings is 3. The average molecular weight is 488 g/mol. The molecule has 0 fully saturated rings. The molecule has 4 aromatic rings. The van der Waals surface area contributed by atoms with Gasteiger partial charge in [-0.3, -0.25) is 9.69 Å². The lowest BCUT2D eigenvalue weighted by atomic mass is 10.1. The van der Waals surface area contributed by atoms with Crippen LogP contribution in [0.15, 0.2) is 69.9 Å². The first-order valence-electron chi connectivity index (χ1n) is 11.4. The van der Waals surface area contributed by atoms with Gasteiger partial charge in [-0.2, -0.15) is 0 Å². The highest BCUT2D eigenvalue weighted by atomic mass is 16.5. The van der Waals surface area contributed by atoms with Crippen LogP contribution in [-0.2, 0) is 17.8 Å². The van der Waals surface area contributed by atoms with Crippen molar-refractivity contribution < 1.29 is 28.2 Å². The van der Waals surface area contributed by atoms with E-state index >= 15 is 0 Å². The molecule has 184 valence electrons. The first kappa shape index (κ1) is 23.4. The Kier molecular flexibility index (Phi) is 6.35. The molecule has 8 heteroatoms. The van der Waals surface area contributed by atoms with Crippen molar-refractivity contribution in [3.8, 4) is 23.0 Å². The molecule has 1 aliphatic rings. The van der Waals surface area contributed by atoms with E-state index in [4.69, 9.17) is 23.4 Å². The summed E-state index contributed by atoms with van der Waals surface area (Å²) in [7, 11) is 2.97. The molecule has 0 saturated carbocycles. The number of hydrogen-bond donors (Lipinski definition) is 0. The van der Waals surface area contributed by atoms with E-state index in [1.165, 1.54) is 7.11 Å². The van der Waals surface area contributed by atoms with Gasteiger partial charge in [-0.05, 0) is 49.4 Å². The van der Waals surface area contributed by atoms with Gasteiger partial charge >= 0.3 is 5.97 Å². The minimum absolute atomic E-state index is 0.0934. The van der Waals surface area contributed by atoms with Gasteiger partial charge in [-0.25, -0.2) is 4.79 Å². The molecule has 0 amide bonds. The van der Waals surface area contributed by atoms with Gasteiger partial charge in [0.25, 0.3) is 0 Å². The van der Waals surface area contributed by atoms with E-state index in [0.717, 1.165) is 16.9 Å². The molecule has 0 unspecified atom stereocenters. The third-order valence-electron chi connectivity index (χ3n) is 6.11. The minimum Gasteiger partial charge on any atom is -0.496 e. The molecular formula is C28H25NO7. The van der Waals surface area contributed by atoms with Gasteiger partial charge in [0.1, 0.15) is 35.3 Å². The second-order valence-electron chi connectivity index (χ2n) is 8.43. The van der Waals surface area contributed by atoms with Gasteiger partial charge in [0.15, 0.2) is 0 Å². The summed E-state index contributed by atoms with van der Waals surface area (Å²) in [6.07, 6.45) is 0. The highest BCUT2D eigenvalue weighted by molar-refractivity contribution is 5.89. The fraction of sp³-hybridized carbons (Fsp3) is 0.214. The molecule has 8 nitrogen and oxygen atoms in total. The Hall–Kier alpha value is -4.30. The first-order chi connectivity index (χ1) is 17.5. The number of nitrogens with zero attached hydrogens (tertiary/aromatic N) is 1. The van der Waals surface area contributed by atoms with Crippen LogP contribution >= 0.6 is 0 Å². The van der Waals surface area contributed by atoms with Crippen molar-refractivity contribution in [2.24, 2.45) is 0 Å². The SMILES string of the molecule is COC(=O)c1ccc(Oc2c(C)oc3c4c(ccc3c2=O)OCN(Cc2ccccc2OC)C4)cc1. The molecule has 0 saturated heterocycles. The van der Waals surface area contributed by atoms with Crippen LogP contribution in [0.5, 0.6) is 23.0 Å². The van der Waals surface area contributed by atoms with Crippen molar-refractivity contribution in [2.45, 2.75) is 20.0 Å². The highest BCUT2D eigenvalue weighted by Crippen LogP contribution is 2.35. The topological polar surface area (TPSA) is 87.4 Å². The Labute approximate surface area is 207 Å². The number of rotatable bonds is 6. The fourth-order valence-electron chi connectivity index (χ4n) is 4.29. The van der Waals surface area contributed by atoms with Crippen LogP contribution in [0.1, 0.15) is 27.2 Å². The van der Waals surface area contributed by atoms with Crippen LogP contribution in [-0.4, -0.2) is 31.8 Å². The van der Waals surface area contributed by atoms with Crippen molar-refractivity contribution in [3.63, 3.8) is 0 Å². The number of aryl methyl sites for hydroxylation is 1. The Bertz CT molecular complexity index is 1490. The van der Waals surface area contributed by atoms with Gasteiger partial charge in [0.2, 0.25) is 11.2 Å². The average Bonchev–Trinajstić information content (AvgIpc) is 2.91. The lowest BCUT2D eigenvalue weighted by Crippen LogP contribution is -2.32. The predicted octanol–water partition coefficient (Wildman–Crippen LogP) is 5.04. The van der Waals surface area contributed by atoms with Crippen LogP contribution in [0.3, 0.4) is 0 Å². The Morgan fingerprint density at radius 1 is 1.03 bits per heavy atom. The quantitative estimate of drug-likeness (QED) is 0.350. The molecule has 0 N–H and O–H groups in total. The van der Waals surface area contributed by atoms with E-state index < -0.39 is 5.97 Å². The molecule has 5 rings (SSSR count). The number of esters is 1. The van der Waals surface area contributed by atoms with Gasteiger partial charge in [0, 0.05) is 18.7 Å². The molecule has 0 aliphatic carbocycles. The third-order valence-corrected chi connectivity index (χ3v) is 6.11. The maximum Gasteiger partial charge on any atom is 0.337 e. The van der Waals surface area contributed by atoms with E-state index in [0.29, 0.717) is 53.6 Å². The van der Waals surface area contributed by atoms with Crippen LogP contribution in [0.25, 0.3) is 11.0 Å². The van der Waals surface area contributed by atoms with Crippen molar-refractivity contribution >= 4 is 16.9 Å². The van der Waals surface area contributed by atoms with Gasteiger partial charge in [-0.15, -0.1) is 0 Å². The van der Waals surface area contributed by atoms with E-state index in [9.17, 15) is 9.59 Å². The summed E-state index contributed by atoms with van der Waals surface area (Å²) >= 11 is 0. The second-order valence-corrected chi connectivity index (χ2v) is 8.43. The Morgan fingerprint density at radius 3 is 2.56 bits per heavy atom. The molecule has 0 spiro atoms. The molecule has 36 heavy (non-hydrogen) atoms. The van der Waals surface area contributed by atoms with E-state index in [-0.39, 0.29) is 11.2 Å². The minimum atomic E-state index is -0.449. The summed E-state index contributed by atoms with van der Waals surface area (Å²) in [4.78, 5) is 27.2. The number of fused-ring (bicyclic) bond motifs is 3. The van der Waals surface area contributed by atoms with Crippen LogP contribution in [0.2, 0.25) is 0 Å². The number of carbonyl (C=O) groups is 1. The van der Waals surface area contributed by atoms with E-state index in [2.05, 4.69) is 4.90 Å². The first-order valence-corrected chi connectivity index (χ1v) is 11.4. The molecule has 1 aliphatic heterocycles. The molecule has 0 bridgehead atoms. The zero-order valence-electron chi connectivity index (χ0n) is 20.2. The van der Waals surface area contributed by atoms with E-state index in [1.54, 1.807) is 50.4 Å². The standard InChI is InChI=1S/C28H25NO7/c1-17-26(36-20-10-8-18(9-11-20)28(31)33-3)25(30)21-12-13-24-22(27(21)35-17)15-29(16-34-24)14-19-6-4-5-7-23(19)32-2/h4-13H,14-16H2,1-3H3. The number of ether oxygens (including phenoxy) is 4. The summed E-state index contributed by atoms with van der Waals surface area (Å²) in [5.41, 5.74) is 2.43. The molecule has 0 atom stereocenters. The summed E-state index contributed by atoms with van der Waals surface area (Å²) < 4.78 is 28.2. The second kappa shape index (κ2) is 9.75. The number of hydrogen-bond acceptors (Lipinski definition) is 8. The Morgan fingerprint density at radius 2 is 1.81 bits per heavy atom. The van der Waals surface area contributed by atoms with Gasteiger partial charge in [0.05, 0.1) is 30.7 Å². The van der Waals surface area contributed by atoms with Crippen LogP contribution in [0, 0.1) is 6.92 Å². The summed E-state index contributed by atoms with van der Waals surface area (Å²) in [6.45, 7) is 3.26. The third kappa shape index (κ3) is 4.38. The van der Waals surface area contributed by atoms with Crippen molar-refractivity contribution in [3.05, 3.63) is 93.3 Å². The molecule has 3 aromatic carbocycles. The zero-order chi connectivity index (χ0) is 25.2. The monoisotopic (exact) mass is 487 g/mol. The fourth-order valence-corrected chi connectivity index (χ4v) is 4.29. The maximum atomic E-state index is 13.4. The van der Waals surface area contributed by atoms with Crippen molar-refractivity contribution in [1.29, 1.82) is 0 Å². The largest absolute Gasteiger partial charge is 0.496 e. The number of carbonyl (C=O) groups excluding carboxylic acids is 1. The smallest absolute Gasteiger partial charge is 0.337 e. The molecule has 1 aromatic heterocycles. The lowest BCUT2D eigenvalue weighted by Gasteiger charge is -2.29. The number of para-hydroxylation sites is 1. The normalized spacial score (nSPS) is 13.1. The highest BCUT2D eigenvalue weighted by Gasteiger charge is 2.25. The van der Waals surface area contributed by atoms with Gasteiger partial charge in [-0.1, -0.05) is 18.2 Å². The maximum absolute atomic E-state index is 13.4. The summed E-state index contributed by atoms with van der Waals surface area (Å²) in [6, 6.07) is 17.7. The van der Waals surface area contributed by atoms with E-state index in [1.807, 2.05) is 24.3 Å². The summed E-state index contributed by atoms with van der Waals surface area (Å²) in [5, 5.41) is 0.406. The van der Waals surface area contributed by atoms with Crippen LogP contribution < -0.4 is 19.6 Å². The molecule has 0 radical (unpaired) electrons. The molecular weight excluding hydrogens is 462 g/mol. The van der Waals surface area contributed by atoms with Gasteiger partial charge < -0.3 is 23.4 Å². The lowest BCUT2D eigenvalue weighted by molar-refractivity contribution is 0.0600. The molecule has 2 heterocycles. The zero-order valence-corrected chi connectivity index (χ0v) is 20.2. The van der Waals surface area contributed by atoms with Crippen molar-refractivity contribution in [1.82, 2.24) is 4.90 Å². The summed E-state index contributed by atoms with van der Waals surface area (Å²) in [5.74, 6) is 1.89. The predicted molar refractivity (Wildman–Crippen MR) is 133 cm³/mol. The van der Waals surface area contributed by atoms with Crippen LogP contribution in [0.4, 0.5) is 0 Å².